The van der Waals surface area contributed by atoms with Crippen molar-refractivity contribution in [1.29, 1.82) is 0 Å². The van der Waals surface area contributed by atoms with Crippen LogP contribution < -0.4 is 10.1 Å². The summed E-state index contributed by atoms with van der Waals surface area (Å²) in [6, 6.07) is 17.3. The van der Waals surface area contributed by atoms with Crippen molar-refractivity contribution in [2.45, 2.75) is 19.8 Å². The third kappa shape index (κ3) is 4.07. The molecular weight excluding hydrogens is 316 g/mol. The van der Waals surface area contributed by atoms with E-state index in [1.54, 1.807) is 13.2 Å². The van der Waals surface area contributed by atoms with Crippen LogP contribution in [-0.4, -0.2) is 18.2 Å². The van der Waals surface area contributed by atoms with Gasteiger partial charge >= 0.3 is 0 Å². The van der Waals surface area contributed by atoms with Crippen molar-refractivity contribution in [3.63, 3.8) is 0 Å². The zero-order valence-corrected chi connectivity index (χ0v) is 14.3. The fourth-order valence-electron chi connectivity index (χ4n) is 2.58. The predicted molar refractivity (Wildman–Crippen MR) is 96.6 cm³/mol. The molecule has 0 radical (unpaired) electrons. The maximum Gasteiger partial charge on any atom is 0.231 e. The topological polar surface area (TPSA) is 64.4 Å². The van der Waals surface area contributed by atoms with Gasteiger partial charge in [-0.05, 0) is 18.1 Å². The molecule has 2 aromatic carbocycles. The molecule has 3 rings (SSSR count). The van der Waals surface area contributed by atoms with Crippen LogP contribution >= 0.6 is 0 Å². The van der Waals surface area contributed by atoms with Crippen LogP contribution in [0.1, 0.15) is 18.1 Å². The van der Waals surface area contributed by atoms with Crippen LogP contribution in [0.25, 0.3) is 11.3 Å². The third-order valence-corrected chi connectivity index (χ3v) is 3.97. The van der Waals surface area contributed by atoms with Crippen molar-refractivity contribution < 1.29 is 14.1 Å². The van der Waals surface area contributed by atoms with E-state index in [-0.39, 0.29) is 12.3 Å². The van der Waals surface area contributed by atoms with Gasteiger partial charge in [-0.2, -0.15) is 0 Å². The second-order valence-electron chi connectivity index (χ2n) is 5.66. The van der Waals surface area contributed by atoms with Gasteiger partial charge < -0.3 is 9.26 Å². The van der Waals surface area contributed by atoms with Crippen molar-refractivity contribution in [1.82, 2.24) is 5.16 Å². The van der Waals surface area contributed by atoms with E-state index in [0.717, 1.165) is 17.5 Å². The van der Waals surface area contributed by atoms with Gasteiger partial charge in [0.15, 0.2) is 0 Å². The Morgan fingerprint density at radius 2 is 1.92 bits per heavy atom. The lowest BCUT2D eigenvalue weighted by molar-refractivity contribution is -0.115. The minimum Gasteiger partial charge on any atom is -0.496 e. The van der Waals surface area contributed by atoms with Gasteiger partial charge in [0.25, 0.3) is 0 Å². The van der Waals surface area contributed by atoms with Crippen molar-refractivity contribution in [3.05, 3.63) is 65.7 Å². The Kier molecular flexibility index (Phi) is 5.14. The molecule has 1 N–H and O–H groups in total. The lowest BCUT2D eigenvalue weighted by Gasteiger charge is -2.07. The van der Waals surface area contributed by atoms with E-state index < -0.39 is 0 Å². The van der Waals surface area contributed by atoms with Gasteiger partial charge in [0, 0.05) is 17.2 Å². The van der Waals surface area contributed by atoms with E-state index in [1.807, 2.05) is 36.4 Å². The fraction of sp³-hybridized carbons (Fsp3) is 0.200. The first-order valence-corrected chi connectivity index (χ1v) is 8.17. The average molecular weight is 336 g/mol. The highest BCUT2D eigenvalue weighted by atomic mass is 16.5. The number of para-hydroxylation sites is 1. The molecule has 25 heavy (non-hydrogen) atoms. The van der Waals surface area contributed by atoms with Crippen LogP contribution in [-0.2, 0) is 17.6 Å². The summed E-state index contributed by atoms with van der Waals surface area (Å²) in [5.41, 5.74) is 3.72. The van der Waals surface area contributed by atoms with Crippen molar-refractivity contribution in [2.75, 3.05) is 12.4 Å². The molecule has 1 amide bonds. The van der Waals surface area contributed by atoms with E-state index in [2.05, 4.69) is 29.5 Å². The Hall–Kier alpha value is -3.08. The molecule has 0 fully saturated rings. The van der Waals surface area contributed by atoms with E-state index in [4.69, 9.17) is 9.26 Å². The maximum atomic E-state index is 12.2. The highest BCUT2D eigenvalue weighted by molar-refractivity contribution is 5.91. The number of nitrogens with one attached hydrogen (secondary N) is 1. The van der Waals surface area contributed by atoms with Crippen molar-refractivity contribution in [2.24, 2.45) is 0 Å². The first-order chi connectivity index (χ1) is 12.2. The molecule has 1 heterocycles. The Bertz CT molecular complexity index is 853. The number of aromatic nitrogens is 1. The normalized spacial score (nSPS) is 10.5. The van der Waals surface area contributed by atoms with Gasteiger partial charge in [0.1, 0.15) is 11.4 Å². The Morgan fingerprint density at radius 1 is 1.16 bits per heavy atom. The molecule has 128 valence electrons. The molecule has 0 bridgehead atoms. The molecule has 5 heteroatoms. The van der Waals surface area contributed by atoms with Crippen LogP contribution in [0.4, 0.5) is 5.88 Å². The quantitative estimate of drug-likeness (QED) is 0.736. The number of rotatable bonds is 6. The molecule has 1 aromatic heterocycles. The Morgan fingerprint density at radius 3 is 2.64 bits per heavy atom. The van der Waals surface area contributed by atoms with Gasteiger partial charge in [-0.1, -0.05) is 54.5 Å². The molecular formula is C20H20N2O3. The van der Waals surface area contributed by atoms with Crippen molar-refractivity contribution >= 4 is 11.8 Å². The van der Waals surface area contributed by atoms with E-state index >= 15 is 0 Å². The molecule has 5 nitrogen and oxygen atoms in total. The number of aryl methyl sites for hydroxylation is 1. The predicted octanol–water partition coefficient (Wildman–Crippen LogP) is 4.09. The molecule has 0 unspecified atom stereocenters. The lowest BCUT2D eigenvalue weighted by Crippen LogP contribution is -2.14. The number of methoxy groups -OCH3 is 1. The number of hydrogen-bond acceptors (Lipinski definition) is 4. The summed E-state index contributed by atoms with van der Waals surface area (Å²) >= 11 is 0. The van der Waals surface area contributed by atoms with E-state index in [0.29, 0.717) is 17.3 Å². The zero-order chi connectivity index (χ0) is 17.6. The number of anilines is 1. The Balaban J connectivity index is 1.67. The summed E-state index contributed by atoms with van der Waals surface area (Å²) in [7, 11) is 1.59. The smallest absolute Gasteiger partial charge is 0.231 e. The lowest BCUT2D eigenvalue weighted by atomic mass is 10.1. The first kappa shape index (κ1) is 16.8. The summed E-state index contributed by atoms with van der Waals surface area (Å²) in [4.78, 5) is 12.2. The highest BCUT2D eigenvalue weighted by Crippen LogP contribution is 2.23. The largest absolute Gasteiger partial charge is 0.496 e. The number of nitrogens with zero attached hydrogens (tertiary/aromatic N) is 1. The van der Waals surface area contributed by atoms with Gasteiger partial charge in [-0.25, -0.2) is 0 Å². The molecule has 0 saturated carbocycles. The monoisotopic (exact) mass is 336 g/mol. The standard InChI is InChI=1S/C20H20N2O3/c1-3-14-8-10-15(11-9-14)17-13-20(25-22-17)21-19(23)12-16-6-4-5-7-18(16)24-2/h4-11,13H,3,12H2,1-2H3,(H,21,23). The molecule has 0 aliphatic rings. The zero-order valence-electron chi connectivity index (χ0n) is 14.3. The maximum absolute atomic E-state index is 12.2. The molecule has 0 spiro atoms. The SMILES string of the molecule is CCc1ccc(-c2cc(NC(=O)Cc3ccccc3OC)on2)cc1. The summed E-state index contributed by atoms with van der Waals surface area (Å²) in [6.07, 6.45) is 1.19. The summed E-state index contributed by atoms with van der Waals surface area (Å²) in [5, 5.41) is 6.75. The van der Waals surface area contributed by atoms with E-state index in [1.165, 1.54) is 5.56 Å². The molecule has 0 saturated heterocycles. The minimum atomic E-state index is -0.187. The second-order valence-corrected chi connectivity index (χ2v) is 5.66. The minimum absolute atomic E-state index is 0.187. The summed E-state index contributed by atoms with van der Waals surface area (Å²) in [6.45, 7) is 2.11. The van der Waals surface area contributed by atoms with Crippen LogP contribution in [0.2, 0.25) is 0 Å². The van der Waals surface area contributed by atoms with Gasteiger partial charge in [-0.3, -0.25) is 10.1 Å². The van der Waals surface area contributed by atoms with E-state index in [9.17, 15) is 4.79 Å². The molecule has 0 atom stereocenters. The van der Waals surface area contributed by atoms with Crippen LogP contribution in [0.15, 0.2) is 59.1 Å². The first-order valence-electron chi connectivity index (χ1n) is 8.17. The van der Waals surface area contributed by atoms with Crippen LogP contribution in [0, 0.1) is 0 Å². The third-order valence-electron chi connectivity index (χ3n) is 3.97. The number of carbonyl (C=O) groups excluding carboxylic acids is 1. The number of hydrogen-bond donors (Lipinski definition) is 1. The van der Waals surface area contributed by atoms with Crippen LogP contribution in [0.3, 0.4) is 0 Å². The summed E-state index contributed by atoms with van der Waals surface area (Å²) in [5.74, 6) is 0.829. The second kappa shape index (κ2) is 7.66. The number of ether oxygens (including phenoxy) is 1. The molecule has 0 aliphatic carbocycles. The number of amides is 1. The average Bonchev–Trinajstić information content (AvgIpc) is 3.10. The Labute approximate surface area is 146 Å². The molecule has 0 aliphatic heterocycles. The fourth-order valence-corrected chi connectivity index (χ4v) is 2.58. The highest BCUT2D eigenvalue weighted by Gasteiger charge is 2.12. The summed E-state index contributed by atoms with van der Waals surface area (Å²) < 4.78 is 10.5. The number of benzene rings is 2. The van der Waals surface area contributed by atoms with Gasteiger partial charge in [0.05, 0.1) is 13.5 Å². The van der Waals surface area contributed by atoms with Crippen molar-refractivity contribution in [3.8, 4) is 17.0 Å². The van der Waals surface area contributed by atoms with Gasteiger partial charge in [-0.15, -0.1) is 0 Å². The molecule has 3 aromatic rings. The van der Waals surface area contributed by atoms with Crippen LogP contribution in [0.5, 0.6) is 5.75 Å². The van der Waals surface area contributed by atoms with Gasteiger partial charge in [0.2, 0.25) is 11.8 Å². The number of carbonyl (C=O) groups is 1.